The first kappa shape index (κ1) is 17.0. The van der Waals surface area contributed by atoms with Crippen LogP contribution in [0.2, 0.25) is 0 Å². The van der Waals surface area contributed by atoms with Gasteiger partial charge in [-0.3, -0.25) is 9.59 Å². The van der Waals surface area contributed by atoms with Crippen molar-refractivity contribution in [2.24, 2.45) is 23.7 Å². The molecule has 2 amide bonds. The van der Waals surface area contributed by atoms with Crippen LogP contribution in [0.5, 0.6) is 0 Å². The number of rotatable bonds is 6. The number of carbonyl (C=O) groups excluding carboxylic acids is 2. The second-order valence-electron chi connectivity index (χ2n) is 6.84. The zero-order valence-electron chi connectivity index (χ0n) is 13.4. The predicted octanol–water partition coefficient (Wildman–Crippen LogP) is 2.34. The third kappa shape index (κ3) is 5.93. The van der Waals surface area contributed by atoms with Gasteiger partial charge in [-0.1, -0.05) is 34.1 Å². The molecule has 1 rings (SSSR count). The average Bonchev–Trinajstić information content (AvgIpc) is 2.42. The summed E-state index contributed by atoms with van der Waals surface area (Å²) in [5.41, 5.74) is 0. The Morgan fingerprint density at radius 3 is 1.65 bits per heavy atom. The molecule has 0 saturated heterocycles. The molecule has 0 spiro atoms. The Hall–Kier alpha value is -1.06. The van der Waals surface area contributed by atoms with Gasteiger partial charge in [-0.25, -0.2) is 0 Å². The Morgan fingerprint density at radius 1 is 0.900 bits per heavy atom. The predicted molar refractivity (Wildman–Crippen MR) is 81.1 cm³/mol. The van der Waals surface area contributed by atoms with E-state index in [0.717, 1.165) is 32.4 Å². The highest BCUT2D eigenvalue weighted by Crippen LogP contribution is 2.29. The van der Waals surface area contributed by atoms with Crippen LogP contribution in [0.1, 0.15) is 53.4 Å². The molecule has 116 valence electrons. The first-order valence-corrected chi connectivity index (χ1v) is 7.95. The lowest BCUT2D eigenvalue weighted by atomic mass is 9.80. The van der Waals surface area contributed by atoms with E-state index in [4.69, 9.17) is 0 Å². The zero-order chi connectivity index (χ0) is 15.1. The molecule has 0 radical (unpaired) electrons. The molecule has 0 bridgehead atoms. The lowest BCUT2D eigenvalue weighted by Crippen LogP contribution is -2.40. The van der Waals surface area contributed by atoms with E-state index in [1.54, 1.807) is 0 Å². The maximum Gasteiger partial charge on any atom is 0.223 e. The van der Waals surface area contributed by atoms with E-state index in [-0.39, 0.29) is 23.7 Å². The molecule has 0 aromatic rings. The van der Waals surface area contributed by atoms with Crippen molar-refractivity contribution >= 4 is 11.8 Å². The molecule has 4 nitrogen and oxygen atoms in total. The van der Waals surface area contributed by atoms with E-state index in [1.165, 1.54) is 0 Å². The summed E-state index contributed by atoms with van der Waals surface area (Å²) in [6.07, 6.45) is 3.50. The summed E-state index contributed by atoms with van der Waals surface area (Å²) in [6.45, 7) is 9.79. The maximum atomic E-state index is 12.1. The standard InChI is InChI=1S/C16H30N2O2/c1-11(2)9-17-15(19)13-6-5-7-14(8-13)16(20)18-10-12(3)4/h11-14H,5-10H2,1-4H3,(H,17,19)(H,18,20)/t13-,14-/m0/s1. The number of nitrogens with one attached hydrogen (secondary N) is 2. The molecule has 0 heterocycles. The van der Waals surface area contributed by atoms with Gasteiger partial charge in [0, 0.05) is 24.9 Å². The van der Waals surface area contributed by atoms with E-state index < -0.39 is 0 Å². The van der Waals surface area contributed by atoms with Crippen LogP contribution < -0.4 is 10.6 Å². The van der Waals surface area contributed by atoms with Gasteiger partial charge in [-0.2, -0.15) is 0 Å². The van der Waals surface area contributed by atoms with Crippen LogP contribution in [-0.2, 0) is 9.59 Å². The summed E-state index contributed by atoms with van der Waals surface area (Å²) in [4.78, 5) is 24.2. The molecule has 0 aliphatic heterocycles. The van der Waals surface area contributed by atoms with Gasteiger partial charge in [-0.05, 0) is 31.1 Å². The van der Waals surface area contributed by atoms with Crippen LogP contribution in [0.25, 0.3) is 0 Å². The fourth-order valence-electron chi connectivity index (χ4n) is 2.56. The number of amides is 2. The lowest BCUT2D eigenvalue weighted by Gasteiger charge is -2.28. The van der Waals surface area contributed by atoms with Gasteiger partial charge in [0.1, 0.15) is 0 Å². The average molecular weight is 282 g/mol. The molecular weight excluding hydrogens is 252 g/mol. The van der Waals surface area contributed by atoms with Gasteiger partial charge < -0.3 is 10.6 Å². The van der Waals surface area contributed by atoms with Crippen LogP contribution >= 0.6 is 0 Å². The first-order chi connectivity index (χ1) is 9.40. The molecular formula is C16H30N2O2. The third-order valence-electron chi connectivity index (χ3n) is 3.78. The molecule has 0 unspecified atom stereocenters. The van der Waals surface area contributed by atoms with Crippen LogP contribution in [0.3, 0.4) is 0 Å². The molecule has 1 fully saturated rings. The van der Waals surface area contributed by atoms with Crippen molar-refractivity contribution in [3.63, 3.8) is 0 Å². The summed E-state index contributed by atoms with van der Waals surface area (Å²) in [5, 5.41) is 5.98. The molecule has 0 aromatic heterocycles. The summed E-state index contributed by atoms with van der Waals surface area (Å²) in [7, 11) is 0. The van der Waals surface area contributed by atoms with Crippen LogP contribution in [0, 0.1) is 23.7 Å². The number of carbonyl (C=O) groups is 2. The second-order valence-corrected chi connectivity index (χ2v) is 6.84. The van der Waals surface area contributed by atoms with E-state index in [2.05, 4.69) is 38.3 Å². The highest BCUT2D eigenvalue weighted by atomic mass is 16.2. The van der Waals surface area contributed by atoms with Gasteiger partial charge in [0.05, 0.1) is 0 Å². The molecule has 1 saturated carbocycles. The zero-order valence-corrected chi connectivity index (χ0v) is 13.4. The smallest absolute Gasteiger partial charge is 0.223 e. The van der Waals surface area contributed by atoms with Gasteiger partial charge >= 0.3 is 0 Å². The number of hydrogen-bond acceptors (Lipinski definition) is 2. The van der Waals surface area contributed by atoms with Crippen molar-refractivity contribution < 1.29 is 9.59 Å². The lowest BCUT2D eigenvalue weighted by molar-refractivity contribution is -0.130. The molecule has 0 aromatic carbocycles. The van der Waals surface area contributed by atoms with Crippen molar-refractivity contribution in [2.75, 3.05) is 13.1 Å². The quantitative estimate of drug-likeness (QED) is 0.785. The number of hydrogen-bond donors (Lipinski definition) is 2. The first-order valence-electron chi connectivity index (χ1n) is 7.95. The molecule has 4 heteroatoms. The van der Waals surface area contributed by atoms with Gasteiger partial charge in [0.25, 0.3) is 0 Å². The largest absolute Gasteiger partial charge is 0.356 e. The highest BCUT2D eigenvalue weighted by Gasteiger charge is 2.30. The van der Waals surface area contributed by atoms with Crippen molar-refractivity contribution in [1.82, 2.24) is 10.6 Å². The molecule has 2 N–H and O–H groups in total. The fraction of sp³-hybridized carbons (Fsp3) is 0.875. The maximum absolute atomic E-state index is 12.1. The highest BCUT2D eigenvalue weighted by molar-refractivity contribution is 5.82. The molecule has 1 aliphatic carbocycles. The summed E-state index contributed by atoms with van der Waals surface area (Å²) < 4.78 is 0. The van der Waals surface area contributed by atoms with Crippen molar-refractivity contribution in [3.8, 4) is 0 Å². The monoisotopic (exact) mass is 282 g/mol. The van der Waals surface area contributed by atoms with Gasteiger partial charge in [0.15, 0.2) is 0 Å². The summed E-state index contributed by atoms with van der Waals surface area (Å²) in [5.74, 6) is 1.20. The minimum absolute atomic E-state index is 0.0114. The second kappa shape index (κ2) is 8.28. The van der Waals surface area contributed by atoms with E-state index in [1.807, 2.05) is 0 Å². The topological polar surface area (TPSA) is 58.2 Å². The Balaban J connectivity index is 2.41. The molecule has 20 heavy (non-hydrogen) atoms. The van der Waals surface area contributed by atoms with Crippen LogP contribution in [0.4, 0.5) is 0 Å². The Labute approximate surface area is 123 Å². The Bertz CT molecular complexity index is 296. The van der Waals surface area contributed by atoms with Gasteiger partial charge in [-0.15, -0.1) is 0 Å². The minimum atomic E-state index is 0.0114. The molecule has 2 atom stereocenters. The third-order valence-corrected chi connectivity index (χ3v) is 3.78. The van der Waals surface area contributed by atoms with Crippen LogP contribution in [0.15, 0.2) is 0 Å². The minimum Gasteiger partial charge on any atom is -0.356 e. The fourth-order valence-corrected chi connectivity index (χ4v) is 2.56. The van der Waals surface area contributed by atoms with Crippen LogP contribution in [-0.4, -0.2) is 24.9 Å². The van der Waals surface area contributed by atoms with Gasteiger partial charge in [0.2, 0.25) is 11.8 Å². The molecule has 1 aliphatic rings. The van der Waals surface area contributed by atoms with Crippen molar-refractivity contribution in [2.45, 2.75) is 53.4 Å². The van der Waals surface area contributed by atoms with Crippen molar-refractivity contribution in [1.29, 1.82) is 0 Å². The van der Waals surface area contributed by atoms with E-state index in [0.29, 0.717) is 18.3 Å². The van der Waals surface area contributed by atoms with E-state index >= 15 is 0 Å². The summed E-state index contributed by atoms with van der Waals surface area (Å²) in [6, 6.07) is 0. The summed E-state index contributed by atoms with van der Waals surface area (Å²) >= 11 is 0. The Kier molecular flexibility index (Phi) is 7.03. The normalized spacial score (nSPS) is 22.9. The van der Waals surface area contributed by atoms with Crippen molar-refractivity contribution in [3.05, 3.63) is 0 Å². The Morgan fingerprint density at radius 2 is 1.30 bits per heavy atom. The van der Waals surface area contributed by atoms with E-state index in [9.17, 15) is 9.59 Å². The SMILES string of the molecule is CC(C)CNC(=O)[C@H]1CCC[C@H](C(=O)NCC(C)C)C1.